The molecule has 9 nitrogen and oxygen atoms in total. The van der Waals surface area contributed by atoms with Crippen LogP contribution in [0.5, 0.6) is 0 Å². The molecule has 0 bridgehead atoms. The van der Waals surface area contributed by atoms with Gasteiger partial charge in [0.1, 0.15) is 11.5 Å². The lowest BCUT2D eigenvalue weighted by atomic mass is 9.99. The molecule has 38 heavy (non-hydrogen) atoms. The van der Waals surface area contributed by atoms with E-state index in [1.54, 1.807) is 41.2 Å². The average Bonchev–Trinajstić information content (AvgIpc) is 3.34. The van der Waals surface area contributed by atoms with Crippen LogP contribution in [0.2, 0.25) is 0 Å². The highest BCUT2D eigenvalue weighted by Crippen LogP contribution is 2.26. The fraction of sp³-hybridized carbons (Fsp3) is 0.357. The molecular weight excluding hydrogens is 485 g/mol. The van der Waals surface area contributed by atoms with Crippen LogP contribution in [0.15, 0.2) is 54.9 Å². The molecule has 198 valence electrons. The van der Waals surface area contributed by atoms with Crippen LogP contribution in [0.4, 0.5) is 4.39 Å². The Balaban J connectivity index is 0.000000181. The summed E-state index contributed by atoms with van der Waals surface area (Å²) in [7, 11) is 2.09. The quantitative estimate of drug-likeness (QED) is 0.376. The lowest BCUT2D eigenvalue weighted by Crippen LogP contribution is -2.58. The average molecular weight is 518 g/mol. The van der Waals surface area contributed by atoms with Gasteiger partial charge in [-0.05, 0) is 69.3 Å². The van der Waals surface area contributed by atoms with Crippen molar-refractivity contribution in [2.75, 3.05) is 26.7 Å². The molecule has 3 aromatic heterocycles. The van der Waals surface area contributed by atoms with Gasteiger partial charge >= 0.3 is 0 Å². The number of carbonyl (C=O) groups is 2. The van der Waals surface area contributed by atoms with Gasteiger partial charge in [-0.1, -0.05) is 13.8 Å². The number of likely N-dealkylation sites (N-methyl/N-ethyl adjacent to an activating group) is 1. The number of fused-ring (bicyclic) bond motifs is 1. The number of nitrogens with zero attached hydrogens (tertiary/aromatic N) is 7. The van der Waals surface area contributed by atoms with E-state index in [-0.39, 0.29) is 23.2 Å². The number of hydrogen-bond acceptors (Lipinski definition) is 7. The van der Waals surface area contributed by atoms with Crippen LogP contribution in [-0.4, -0.2) is 79.0 Å². The first-order valence-corrected chi connectivity index (χ1v) is 12.5. The van der Waals surface area contributed by atoms with Crippen molar-refractivity contribution in [1.29, 1.82) is 0 Å². The van der Waals surface area contributed by atoms with E-state index in [2.05, 4.69) is 59.9 Å². The SMILES string of the molecule is CC(C)c1cc(-c2ccc(F)cc2)nn2cc(C=O)nc12.CN1CCN(C(=O)c2cccnn2)CC1(C)C. The molecule has 0 N–H and O–H groups in total. The molecule has 0 radical (unpaired) electrons. The number of piperazine rings is 1. The molecule has 0 saturated carbocycles. The normalized spacial score (nSPS) is 15.3. The van der Waals surface area contributed by atoms with Crippen LogP contribution in [0, 0.1) is 5.82 Å². The van der Waals surface area contributed by atoms with E-state index in [1.165, 1.54) is 12.1 Å². The van der Waals surface area contributed by atoms with Gasteiger partial charge < -0.3 is 4.90 Å². The van der Waals surface area contributed by atoms with Crippen molar-refractivity contribution in [2.24, 2.45) is 0 Å². The van der Waals surface area contributed by atoms with Crippen LogP contribution in [0.1, 0.15) is 60.2 Å². The lowest BCUT2D eigenvalue weighted by molar-refractivity contribution is 0.0306. The highest BCUT2D eigenvalue weighted by atomic mass is 19.1. The van der Waals surface area contributed by atoms with Gasteiger partial charge in [0.25, 0.3) is 5.91 Å². The van der Waals surface area contributed by atoms with Gasteiger partial charge in [0.2, 0.25) is 0 Å². The number of aromatic nitrogens is 5. The van der Waals surface area contributed by atoms with Crippen LogP contribution in [0.3, 0.4) is 0 Å². The minimum Gasteiger partial charge on any atom is -0.334 e. The number of carbonyl (C=O) groups excluding carboxylic acids is 2. The fourth-order valence-electron chi connectivity index (χ4n) is 4.25. The first-order chi connectivity index (χ1) is 18.1. The number of hydrogen-bond donors (Lipinski definition) is 0. The Bertz CT molecular complexity index is 1420. The zero-order valence-electron chi connectivity index (χ0n) is 22.3. The Morgan fingerprint density at radius 2 is 1.87 bits per heavy atom. The fourth-order valence-corrected chi connectivity index (χ4v) is 4.25. The predicted octanol–water partition coefficient (Wildman–Crippen LogP) is 4.11. The van der Waals surface area contributed by atoms with E-state index >= 15 is 0 Å². The zero-order chi connectivity index (χ0) is 27.4. The smallest absolute Gasteiger partial charge is 0.274 e. The van der Waals surface area contributed by atoms with E-state index in [0.717, 1.165) is 36.5 Å². The van der Waals surface area contributed by atoms with Crippen LogP contribution in [-0.2, 0) is 0 Å². The summed E-state index contributed by atoms with van der Waals surface area (Å²) in [6, 6.07) is 11.6. The Kier molecular flexibility index (Phi) is 7.91. The van der Waals surface area contributed by atoms with Gasteiger partial charge in [0.05, 0.1) is 11.9 Å². The topological polar surface area (TPSA) is 96.6 Å². The maximum atomic E-state index is 13.0. The summed E-state index contributed by atoms with van der Waals surface area (Å²) < 4.78 is 14.6. The molecule has 0 atom stereocenters. The molecule has 0 unspecified atom stereocenters. The Morgan fingerprint density at radius 3 is 2.47 bits per heavy atom. The van der Waals surface area contributed by atoms with E-state index in [0.29, 0.717) is 23.3 Å². The van der Waals surface area contributed by atoms with Crippen molar-refractivity contribution in [3.05, 3.63) is 77.6 Å². The molecular formula is C28H32FN7O2. The first-order valence-electron chi connectivity index (χ1n) is 12.5. The van der Waals surface area contributed by atoms with Crippen molar-refractivity contribution in [1.82, 2.24) is 34.6 Å². The summed E-state index contributed by atoms with van der Waals surface area (Å²) in [4.78, 5) is 31.5. The summed E-state index contributed by atoms with van der Waals surface area (Å²) in [5.41, 5.74) is 4.00. The highest BCUT2D eigenvalue weighted by Gasteiger charge is 2.33. The number of imidazole rings is 1. The summed E-state index contributed by atoms with van der Waals surface area (Å²) in [6.07, 6.45) is 3.88. The van der Waals surface area contributed by atoms with Gasteiger partial charge in [-0.15, -0.1) is 5.10 Å². The second kappa shape index (κ2) is 11.1. The minimum atomic E-state index is -0.283. The monoisotopic (exact) mass is 517 g/mol. The van der Waals surface area contributed by atoms with Crippen LogP contribution >= 0.6 is 0 Å². The molecule has 0 spiro atoms. The summed E-state index contributed by atoms with van der Waals surface area (Å²) >= 11 is 0. The maximum absolute atomic E-state index is 13.0. The minimum absolute atomic E-state index is 0.0100. The third-order valence-corrected chi connectivity index (χ3v) is 6.75. The largest absolute Gasteiger partial charge is 0.334 e. The van der Waals surface area contributed by atoms with E-state index in [1.807, 2.05) is 11.0 Å². The second-order valence-corrected chi connectivity index (χ2v) is 10.3. The van der Waals surface area contributed by atoms with Crippen LogP contribution < -0.4 is 0 Å². The predicted molar refractivity (Wildman–Crippen MR) is 143 cm³/mol. The van der Waals surface area contributed by atoms with Crippen molar-refractivity contribution in [3.63, 3.8) is 0 Å². The van der Waals surface area contributed by atoms with Gasteiger partial charge in [0.15, 0.2) is 17.6 Å². The van der Waals surface area contributed by atoms with Crippen molar-refractivity contribution in [3.8, 4) is 11.3 Å². The third kappa shape index (κ3) is 5.91. The second-order valence-electron chi connectivity index (χ2n) is 10.3. The Morgan fingerprint density at radius 1 is 1.13 bits per heavy atom. The zero-order valence-corrected chi connectivity index (χ0v) is 22.3. The summed E-state index contributed by atoms with van der Waals surface area (Å²) in [6.45, 7) is 10.7. The van der Waals surface area contributed by atoms with E-state index in [4.69, 9.17) is 0 Å². The first kappa shape index (κ1) is 27.0. The van der Waals surface area contributed by atoms with Gasteiger partial charge in [0, 0.05) is 42.5 Å². The number of rotatable bonds is 4. The highest BCUT2D eigenvalue weighted by molar-refractivity contribution is 5.92. The summed E-state index contributed by atoms with van der Waals surface area (Å²) in [5, 5.41) is 12.1. The molecule has 1 amide bonds. The number of halogens is 1. The van der Waals surface area contributed by atoms with Gasteiger partial charge in [-0.25, -0.2) is 13.9 Å². The number of aldehydes is 1. The molecule has 4 heterocycles. The van der Waals surface area contributed by atoms with Crippen molar-refractivity contribution < 1.29 is 14.0 Å². The molecule has 1 fully saturated rings. The summed E-state index contributed by atoms with van der Waals surface area (Å²) in [5.74, 6) is -0.0781. The van der Waals surface area contributed by atoms with E-state index < -0.39 is 0 Å². The number of amides is 1. The standard InChI is InChI=1S/C16H14FN3O.C12H18N4O/c1-10(2)14-7-15(11-3-5-12(17)6-4-11)19-20-8-13(9-21)18-16(14)20;1-12(2)9-16(8-7-15(12)3)11(17)10-5-4-6-13-14-10/h3-10H,1-2H3;4-6H,7-9H2,1-3H3. The molecule has 1 aliphatic heterocycles. The van der Waals surface area contributed by atoms with E-state index in [9.17, 15) is 14.0 Å². The Labute approximate surface area is 221 Å². The molecule has 10 heteroatoms. The molecule has 1 aliphatic rings. The molecule has 4 aromatic rings. The van der Waals surface area contributed by atoms with Crippen molar-refractivity contribution >= 4 is 17.8 Å². The molecule has 5 rings (SSSR count). The van der Waals surface area contributed by atoms with Gasteiger partial charge in [-0.3, -0.25) is 14.5 Å². The molecule has 0 aliphatic carbocycles. The number of benzene rings is 1. The van der Waals surface area contributed by atoms with Crippen molar-refractivity contribution in [2.45, 2.75) is 39.2 Å². The molecule has 1 saturated heterocycles. The Hall–Kier alpha value is -4.05. The maximum Gasteiger partial charge on any atom is 0.274 e. The lowest BCUT2D eigenvalue weighted by Gasteiger charge is -2.45. The molecule has 1 aromatic carbocycles. The van der Waals surface area contributed by atoms with Crippen LogP contribution in [0.25, 0.3) is 16.9 Å². The van der Waals surface area contributed by atoms with Gasteiger partial charge in [-0.2, -0.15) is 10.2 Å². The third-order valence-electron chi connectivity index (χ3n) is 6.75.